The molecule has 0 bridgehead atoms. The molecular weight excluding hydrogens is 388 g/mol. The van der Waals surface area contributed by atoms with Crippen LogP contribution < -0.4 is 5.06 Å². The fourth-order valence-corrected chi connectivity index (χ4v) is 3.26. The number of hydrogen-bond acceptors (Lipinski definition) is 2. The Morgan fingerprint density at radius 2 is 1.44 bits per heavy atom. The lowest BCUT2D eigenvalue weighted by Crippen LogP contribution is -2.45. The minimum absolute atomic E-state index is 0.124. The Labute approximate surface area is 154 Å². The Bertz CT molecular complexity index is 755. The minimum Gasteiger partial charge on any atom is -0.319 e. The molecule has 2 aromatic carbocycles. The maximum Gasteiger partial charge on any atom is 0.416 e. The van der Waals surface area contributed by atoms with Crippen LogP contribution in [0.3, 0.4) is 0 Å². The molecule has 27 heavy (non-hydrogen) atoms. The number of hydrogen-bond donors (Lipinski definition) is 0. The molecule has 2 nitrogen and oxygen atoms in total. The van der Waals surface area contributed by atoms with Gasteiger partial charge in [0, 0.05) is 0 Å². The molecule has 0 amide bonds. The van der Waals surface area contributed by atoms with Gasteiger partial charge in [-0.25, -0.2) is 5.06 Å². The number of nitrogens with zero attached hydrogens (tertiary/aromatic N) is 1. The maximum absolute atomic E-state index is 13.9. The van der Waals surface area contributed by atoms with Crippen LogP contribution in [0.4, 0.5) is 32.0 Å². The SMILES string of the molecule is C[Si](C)(C)ON(c1cccc(C(F)(F)F)c1)C(c1ccccc1)C(F)(F)F. The third kappa shape index (κ3) is 5.73. The van der Waals surface area contributed by atoms with E-state index < -0.39 is 32.3 Å². The summed E-state index contributed by atoms with van der Waals surface area (Å²) in [6, 6.07) is 8.45. The van der Waals surface area contributed by atoms with Gasteiger partial charge in [-0.1, -0.05) is 36.4 Å². The summed E-state index contributed by atoms with van der Waals surface area (Å²) in [5.74, 6) is 0. The van der Waals surface area contributed by atoms with Crippen LogP contribution in [0.15, 0.2) is 54.6 Å². The van der Waals surface area contributed by atoms with Gasteiger partial charge in [-0.05, 0) is 43.4 Å². The normalized spacial score (nSPS) is 14.1. The second kappa shape index (κ2) is 7.55. The van der Waals surface area contributed by atoms with E-state index in [0.717, 1.165) is 12.1 Å². The number of rotatable bonds is 5. The maximum atomic E-state index is 13.9. The van der Waals surface area contributed by atoms with Gasteiger partial charge < -0.3 is 4.53 Å². The summed E-state index contributed by atoms with van der Waals surface area (Å²) in [6.07, 6.45) is -9.45. The fourth-order valence-electron chi connectivity index (χ4n) is 2.46. The summed E-state index contributed by atoms with van der Waals surface area (Å²) in [6.45, 7) is 4.98. The van der Waals surface area contributed by atoms with Crippen molar-refractivity contribution in [3.8, 4) is 0 Å². The summed E-state index contributed by atoms with van der Waals surface area (Å²) < 4.78 is 86.6. The lowest BCUT2D eigenvalue weighted by atomic mass is 10.1. The van der Waals surface area contributed by atoms with Crippen LogP contribution in [-0.4, -0.2) is 14.5 Å². The molecule has 0 aliphatic rings. The highest BCUT2D eigenvalue weighted by atomic mass is 28.4. The van der Waals surface area contributed by atoms with Crippen molar-refractivity contribution in [3.63, 3.8) is 0 Å². The Morgan fingerprint density at radius 3 is 1.93 bits per heavy atom. The molecule has 0 fully saturated rings. The zero-order chi connectivity index (χ0) is 20.5. The van der Waals surface area contributed by atoms with Gasteiger partial charge in [-0.3, -0.25) is 0 Å². The third-order valence-corrected chi connectivity index (χ3v) is 4.20. The van der Waals surface area contributed by atoms with Crippen molar-refractivity contribution in [1.29, 1.82) is 0 Å². The van der Waals surface area contributed by atoms with Crippen molar-refractivity contribution in [2.75, 3.05) is 5.06 Å². The minimum atomic E-state index is -4.77. The number of benzene rings is 2. The van der Waals surface area contributed by atoms with Crippen LogP contribution in [0.25, 0.3) is 0 Å². The van der Waals surface area contributed by atoms with E-state index in [0.29, 0.717) is 11.1 Å². The van der Waals surface area contributed by atoms with Crippen molar-refractivity contribution < 1.29 is 30.9 Å². The Balaban J connectivity index is 2.63. The van der Waals surface area contributed by atoms with Gasteiger partial charge in [0.1, 0.15) is 0 Å². The topological polar surface area (TPSA) is 12.5 Å². The zero-order valence-electron chi connectivity index (χ0n) is 14.9. The quantitative estimate of drug-likeness (QED) is 0.315. The van der Waals surface area contributed by atoms with E-state index in [1.54, 1.807) is 25.7 Å². The highest BCUT2D eigenvalue weighted by molar-refractivity contribution is 6.69. The van der Waals surface area contributed by atoms with Gasteiger partial charge in [0.05, 0.1) is 11.3 Å². The van der Waals surface area contributed by atoms with Gasteiger partial charge in [-0.15, -0.1) is 0 Å². The second-order valence-corrected chi connectivity index (χ2v) is 11.3. The molecule has 0 radical (unpaired) electrons. The molecule has 0 spiro atoms. The zero-order valence-corrected chi connectivity index (χ0v) is 15.9. The number of anilines is 1. The Morgan fingerprint density at radius 1 is 0.852 bits per heavy atom. The lowest BCUT2D eigenvalue weighted by molar-refractivity contribution is -0.161. The van der Waals surface area contributed by atoms with Crippen LogP contribution in [-0.2, 0) is 10.7 Å². The Kier molecular flexibility index (Phi) is 5.96. The van der Waals surface area contributed by atoms with Crippen molar-refractivity contribution in [2.24, 2.45) is 0 Å². The Hall–Kier alpha value is -2.00. The first-order valence-corrected chi connectivity index (χ1v) is 11.5. The van der Waals surface area contributed by atoms with E-state index >= 15 is 0 Å². The summed E-state index contributed by atoms with van der Waals surface area (Å²) in [5.41, 5.74) is -1.47. The fraction of sp³-hybridized carbons (Fsp3) is 0.333. The van der Waals surface area contributed by atoms with Crippen LogP contribution >= 0.6 is 0 Å². The monoisotopic (exact) mass is 407 g/mol. The smallest absolute Gasteiger partial charge is 0.319 e. The molecule has 0 N–H and O–H groups in total. The first kappa shape index (κ1) is 21.3. The molecule has 0 heterocycles. The lowest BCUT2D eigenvalue weighted by Gasteiger charge is -2.38. The van der Waals surface area contributed by atoms with E-state index in [1.165, 1.54) is 30.3 Å². The van der Waals surface area contributed by atoms with E-state index in [2.05, 4.69) is 0 Å². The average Bonchev–Trinajstić information content (AvgIpc) is 2.52. The molecule has 9 heteroatoms. The standard InChI is InChI=1S/C18H19F6NOSi/c1-27(2,3)26-25(15-11-7-10-14(12-15)17(19,20)21)16(18(22,23)24)13-8-5-4-6-9-13/h4-12,16H,1-3H3. The molecule has 0 aliphatic carbocycles. The van der Waals surface area contributed by atoms with Gasteiger partial charge in [-0.2, -0.15) is 26.3 Å². The van der Waals surface area contributed by atoms with E-state index in [4.69, 9.17) is 4.53 Å². The number of halogens is 6. The van der Waals surface area contributed by atoms with Gasteiger partial charge in [0.2, 0.25) is 8.32 Å². The summed E-state index contributed by atoms with van der Waals surface area (Å²) >= 11 is 0. The first-order valence-electron chi connectivity index (χ1n) is 8.06. The van der Waals surface area contributed by atoms with E-state index in [1.807, 2.05) is 0 Å². The van der Waals surface area contributed by atoms with Crippen LogP contribution in [0, 0.1) is 0 Å². The van der Waals surface area contributed by atoms with Crippen molar-refractivity contribution >= 4 is 14.0 Å². The second-order valence-electron chi connectivity index (χ2n) is 6.93. The molecule has 148 valence electrons. The third-order valence-electron chi connectivity index (χ3n) is 3.46. The highest BCUT2D eigenvalue weighted by Gasteiger charge is 2.47. The predicted octanol–water partition coefficient (Wildman–Crippen LogP) is 6.58. The molecule has 0 saturated carbocycles. The van der Waals surface area contributed by atoms with Crippen LogP contribution in [0.1, 0.15) is 17.2 Å². The van der Waals surface area contributed by atoms with Crippen LogP contribution in [0.5, 0.6) is 0 Å². The molecule has 0 aliphatic heterocycles. The molecule has 2 rings (SSSR count). The molecule has 1 unspecified atom stereocenters. The predicted molar refractivity (Wildman–Crippen MR) is 93.6 cm³/mol. The molecule has 0 aromatic heterocycles. The highest BCUT2D eigenvalue weighted by Crippen LogP contribution is 2.42. The largest absolute Gasteiger partial charge is 0.416 e. The molecular formula is C18H19F6NOSi. The van der Waals surface area contributed by atoms with E-state index in [-0.39, 0.29) is 11.3 Å². The van der Waals surface area contributed by atoms with Crippen molar-refractivity contribution in [1.82, 2.24) is 0 Å². The first-order chi connectivity index (χ1) is 12.3. The average molecular weight is 407 g/mol. The van der Waals surface area contributed by atoms with Crippen molar-refractivity contribution in [3.05, 3.63) is 65.7 Å². The summed E-state index contributed by atoms with van der Waals surface area (Å²) in [4.78, 5) is 0. The van der Waals surface area contributed by atoms with E-state index in [9.17, 15) is 26.3 Å². The van der Waals surface area contributed by atoms with Gasteiger partial charge in [0.25, 0.3) is 0 Å². The van der Waals surface area contributed by atoms with Crippen LogP contribution in [0.2, 0.25) is 19.6 Å². The summed E-state index contributed by atoms with van der Waals surface area (Å²) in [5, 5.41) is 0.566. The number of hydroxylamine groups is 1. The molecule has 1 atom stereocenters. The van der Waals surface area contributed by atoms with Crippen molar-refractivity contribution in [2.45, 2.75) is 38.0 Å². The van der Waals surface area contributed by atoms with Gasteiger partial charge in [0.15, 0.2) is 6.04 Å². The van der Waals surface area contributed by atoms with Gasteiger partial charge >= 0.3 is 12.4 Å². The number of alkyl halides is 6. The molecule has 2 aromatic rings. The summed E-state index contributed by atoms with van der Waals surface area (Å²) in [7, 11) is -2.60. The molecule has 0 saturated heterocycles.